The fourth-order valence-electron chi connectivity index (χ4n) is 4.95. The average Bonchev–Trinajstić information content (AvgIpc) is 2.99. The van der Waals surface area contributed by atoms with Crippen LogP contribution in [-0.4, -0.2) is 131 Å². The summed E-state index contributed by atoms with van der Waals surface area (Å²) in [5.74, 6) is -3.58. The number of phenolic OH excluding ortho intramolecular Hbond substituents is 4. The van der Waals surface area contributed by atoms with Crippen LogP contribution in [0.25, 0.3) is 22.3 Å². The molecule has 0 aliphatic carbocycles. The van der Waals surface area contributed by atoms with Crippen molar-refractivity contribution in [1.82, 2.24) is 0 Å². The van der Waals surface area contributed by atoms with E-state index in [-0.39, 0.29) is 16.9 Å². The minimum atomic E-state index is -1.95. The quantitative estimate of drug-likeness (QED) is 0.119. The summed E-state index contributed by atoms with van der Waals surface area (Å²) in [6, 6.07) is 5.46. The van der Waals surface area contributed by atoms with Crippen LogP contribution in [0.1, 0.15) is 0 Å². The van der Waals surface area contributed by atoms with E-state index in [0.29, 0.717) is 0 Å². The smallest absolute Gasteiger partial charge is 0.230 e. The molecule has 0 bridgehead atoms. The molecule has 0 radical (unpaired) electrons. The zero-order valence-corrected chi connectivity index (χ0v) is 22.4. The number of hydrogen-bond acceptors (Lipinski definition) is 17. The average molecular weight is 627 g/mol. The summed E-state index contributed by atoms with van der Waals surface area (Å²) in [4.78, 5) is 13.0. The summed E-state index contributed by atoms with van der Waals surface area (Å²) in [5.41, 5.74) is -0.992. The van der Waals surface area contributed by atoms with Crippen molar-refractivity contribution in [2.75, 3.05) is 13.2 Å². The van der Waals surface area contributed by atoms with Crippen molar-refractivity contribution in [3.05, 3.63) is 40.6 Å². The molecule has 11 N–H and O–H groups in total. The third-order valence-corrected chi connectivity index (χ3v) is 7.39. The number of ether oxygens (including phenoxy) is 4. The van der Waals surface area contributed by atoms with E-state index < -0.39 is 114 Å². The van der Waals surface area contributed by atoms with E-state index >= 15 is 0 Å². The first-order valence-electron chi connectivity index (χ1n) is 13.2. The number of fused-ring (bicyclic) bond motifs is 1. The molecule has 1 aromatic heterocycles. The van der Waals surface area contributed by atoms with Crippen LogP contribution in [-0.2, 0) is 14.2 Å². The van der Waals surface area contributed by atoms with Gasteiger partial charge in [-0.05, 0) is 18.2 Å². The van der Waals surface area contributed by atoms with Crippen molar-refractivity contribution in [3.8, 4) is 40.1 Å². The van der Waals surface area contributed by atoms with Crippen LogP contribution >= 0.6 is 0 Å². The van der Waals surface area contributed by atoms with E-state index in [4.69, 9.17) is 23.4 Å². The molecule has 2 saturated heterocycles. The van der Waals surface area contributed by atoms with Gasteiger partial charge in [-0.25, -0.2) is 0 Å². The molecule has 0 amide bonds. The van der Waals surface area contributed by atoms with E-state index in [2.05, 4.69) is 0 Å². The summed E-state index contributed by atoms with van der Waals surface area (Å²) < 4.78 is 27.5. The van der Waals surface area contributed by atoms with Gasteiger partial charge in [-0.15, -0.1) is 0 Å². The Hall–Kier alpha value is -3.75. The Kier molecular flexibility index (Phi) is 8.87. The Bertz CT molecular complexity index is 1560. The third kappa shape index (κ3) is 5.61. The molecule has 2 aromatic carbocycles. The standard InChI is InChI=1S/C27H30O17/c28-6-15-18(34)21(37)23(39)26(41-15)44-25-22(38)19(35)16(7-29)42-27(25)43-24-12(33)5-14-17(20(24)36)11(32)4-13(40-14)8-1-2-9(30)10(31)3-8/h1-5,15-16,18-19,21-23,25-31,33-39H,6-7H2/t15-,16-,18-,19-,21+,22+,23-,25-,26-,27+/m1/s1. The van der Waals surface area contributed by atoms with E-state index in [1.807, 2.05) is 0 Å². The second kappa shape index (κ2) is 12.3. The van der Waals surface area contributed by atoms with Gasteiger partial charge in [0.25, 0.3) is 0 Å². The Morgan fingerprint density at radius 1 is 0.705 bits per heavy atom. The van der Waals surface area contributed by atoms with Crippen LogP contribution < -0.4 is 10.2 Å². The van der Waals surface area contributed by atoms with Gasteiger partial charge in [0.1, 0.15) is 59.5 Å². The van der Waals surface area contributed by atoms with E-state index in [1.165, 1.54) is 6.07 Å². The van der Waals surface area contributed by atoms with Crippen LogP contribution in [0.3, 0.4) is 0 Å². The third-order valence-electron chi connectivity index (χ3n) is 7.39. The largest absolute Gasteiger partial charge is 0.504 e. The molecule has 5 rings (SSSR count). The summed E-state index contributed by atoms with van der Waals surface area (Å²) in [7, 11) is 0. The molecule has 0 unspecified atom stereocenters. The van der Waals surface area contributed by atoms with Gasteiger partial charge < -0.3 is 79.5 Å². The van der Waals surface area contributed by atoms with Crippen molar-refractivity contribution in [2.45, 2.75) is 61.4 Å². The molecule has 0 saturated carbocycles. The van der Waals surface area contributed by atoms with Crippen LogP contribution in [0.5, 0.6) is 28.7 Å². The van der Waals surface area contributed by atoms with E-state index in [1.54, 1.807) is 0 Å². The van der Waals surface area contributed by atoms with Crippen molar-refractivity contribution >= 4 is 11.0 Å². The molecule has 17 nitrogen and oxygen atoms in total. The van der Waals surface area contributed by atoms with Crippen LogP contribution in [0.4, 0.5) is 0 Å². The number of aliphatic hydroxyl groups excluding tert-OH is 7. The lowest BCUT2D eigenvalue weighted by atomic mass is 9.97. The highest BCUT2D eigenvalue weighted by atomic mass is 16.8. The molecule has 2 aliphatic heterocycles. The topological polar surface area (TPSA) is 290 Å². The maximum absolute atomic E-state index is 13.0. The SMILES string of the molecule is O=c1cc(-c2ccc(O)c(O)c2)oc2cc(O)c(O[C@@H]3O[C@H](CO)[C@@H](O)[C@H](O)[C@H]3O[C@H]3O[C@H](CO)[C@@H](O)[C@H](O)[C@H]3O)c(O)c12. The number of hydrogen-bond donors (Lipinski definition) is 11. The van der Waals surface area contributed by atoms with Gasteiger partial charge in [0.2, 0.25) is 12.0 Å². The summed E-state index contributed by atoms with van der Waals surface area (Å²) in [6.45, 7) is -1.65. The molecule has 240 valence electrons. The predicted octanol–water partition coefficient (Wildman–Crippen LogP) is -2.71. The number of aliphatic hydroxyl groups is 7. The minimum absolute atomic E-state index is 0.100. The van der Waals surface area contributed by atoms with Crippen molar-refractivity contribution in [3.63, 3.8) is 0 Å². The fraction of sp³-hybridized carbons (Fsp3) is 0.444. The zero-order valence-electron chi connectivity index (χ0n) is 22.4. The van der Waals surface area contributed by atoms with Gasteiger partial charge in [0, 0.05) is 17.7 Å². The molecular weight excluding hydrogens is 596 g/mol. The molecule has 3 aromatic rings. The monoisotopic (exact) mass is 626 g/mol. The Labute approximate surface area is 246 Å². The van der Waals surface area contributed by atoms with Gasteiger partial charge in [-0.1, -0.05) is 0 Å². The van der Waals surface area contributed by atoms with Gasteiger partial charge in [-0.3, -0.25) is 4.79 Å². The van der Waals surface area contributed by atoms with Gasteiger partial charge >= 0.3 is 0 Å². The summed E-state index contributed by atoms with van der Waals surface area (Å²) >= 11 is 0. The van der Waals surface area contributed by atoms with E-state index in [9.17, 15) is 61.0 Å². The molecule has 2 fully saturated rings. The Morgan fingerprint density at radius 2 is 1.34 bits per heavy atom. The first-order chi connectivity index (χ1) is 20.9. The molecule has 17 heteroatoms. The van der Waals surface area contributed by atoms with Crippen LogP contribution in [0.15, 0.2) is 39.5 Å². The van der Waals surface area contributed by atoms with Crippen LogP contribution in [0.2, 0.25) is 0 Å². The molecule has 0 spiro atoms. The normalized spacial score (nSPS) is 32.5. The second-order valence-electron chi connectivity index (χ2n) is 10.2. The number of benzene rings is 2. The van der Waals surface area contributed by atoms with Gasteiger partial charge in [0.15, 0.2) is 40.8 Å². The van der Waals surface area contributed by atoms with Crippen LogP contribution in [0, 0.1) is 0 Å². The highest BCUT2D eigenvalue weighted by molar-refractivity contribution is 5.89. The second-order valence-corrected chi connectivity index (χ2v) is 10.2. The van der Waals surface area contributed by atoms with Crippen molar-refractivity contribution in [2.24, 2.45) is 0 Å². The first kappa shape index (κ1) is 31.7. The lowest BCUT2D eigenvalue weighted by molar-refractivity contribution is -0.358. The minimum Gasteiger partial charge on any atom is -0.504 e. The zero-order chi connectivity index (χ0) is 32.0. The maximum atomic E-state index is 13.0. The Balaban J connectivity index is 1.50. The predicted molar refractivity (Wildman–Crippen MR) is 142 cm³/mol. The number of rotatable bonds is 7. The molecule has 2 aliphatic rings. The molecule has 10 atom stereocenters. The molecular formula is C27H30O17. The lowest BCUT2D eigenvalue weighted by Crippen LogP contribution is -2.65. The lowest BCUT2D eigenvalue weighted by Gasteiger charge is -2.45. The highest BCUT2D eigenvalue weighted by Gasteiger charge is 2.51. The van der Waals surface area contributed by atoms with Gasteiger partial charge in [0.05, 0.1) is 13.2 Å². The summed E-state index contributed by atoms with van der Waals surface area (Å²) in [6.07, 6.45) is -17.8. The Morgan fingerprint density at radius 3 is 1.98 bits per heavy atom. The highest BCUT2D eigenvalue weighted by Crippen LogP contribution is 2.44. The fourth-order valence-corrected chi connectivity index (χ4v) is 4.95. The maximum Gasteiger partial charge on any atom is 0.230 e. The first-order valence-corrected chi connectivity index (χ1v) is 13.2. The van der Waals surface area contributed by atoms with E-state index in [0.717, 1.165) is 24.3 Å². The van der Waals surface area contributed by atoms with Crippen molar-refractivity contribution < 1.29 is 79.5 Å². The van der Waals surface area contributed by atoms with Crippen molar-refractivity contribution in [1.29, 1.82) is 0 Å². The molecule has 3 heterocycles. The molecule has 44 heavy (non-hydrogen) atoms. The summed E-state index contributed by atoms with van der Waals surface area (Å²) in [5, 5.41) is 111. The number of aromatic hydroxyl groups is 4. The van der Waals surface area contributed by atoms with Gasteiger partial charge in [-0.2, -0.15) is 0 Å². The number of phenols is 4.